The van der Waals surface area contributed by atoms with Gasteiger partial charge in [-0.15, -0.1) is 0 Å². The predicted octanol–water partition coefficient (Wildman–Crippen LogP) is 2.07. The first-order chi connectivity index (χ1) is 7.20. The lowest BCUT2D eigenvalue weighted by Crippen LogP contribution is -2.07. The molecule has 78 valence electrons. The second kappa shape index (κ2) is 3.73. The lowest BCUT2D eigenvalue weighted by molar-refractivity contribution is 0.330. The summed E-state index contributed by atoms with van der Waals surface area (Å²) in [5, 5.41) is 1.25. The molecule has 0 saturated carbocycles. The van der Waals surface area contributed by atoms with E-state index in [9.17, 15) is 9.18 Å². The number of aromatic nitrogens is 1. The smallest absolute Gasteiger partial charge is 0.251 e. The van der Waals surface area contributed by atoms with Crippen LogP contribution >= 0.6 is 0 Å². The molecule has 4 heteroatoms. The highest BCUT2D eigenvalue weighted by Gasteiger charge is 2.04. The van der Waals surface area contributed by atoms with E-state index in [1.165, 1.54) is 18.2 Å². The zero-order valence-electron chi connectivity index (χ0n) is 8.21. The van der Waals surface area contributed by atoms with Crippen molar-refractivity contribution in [3.05, 3.63) is 40.4 Å². The number of fused-ring (bicyclic) bond motifs is 1. The molecule has 0 saturated heterocycles. The summed E-state index contributed by atoms with van der Waals surface area (Å²) in [5.41, 5.74) is -0.252. The van der Waals surface area contributed by atoms with Crippen molar-refractivity contribution in [1.29, 1.82) is 0 Å². The molecule has 0 amide bonds. The fraction of sp³-hybridized carbons (Fsp3) is 0.182. The van der Waals surface area contributed by atoms with E-state index in [2.05, 4.69) is 4.98 Å². The molecule has 0 aliphatic carbocycles. The summed E-state index contributed by atoms with van der Waals surface area (Å²) in [4.78, 5) is 13.8. The minimum atomic E-state index is -0.351. The first kappa shape index (κ1) is 9.71. The molecule has 2 rings (SSSR count). The summed E-state index contributed by atoms with van der Waals surface area (Å²) >= 11 is 0. The van der Waals surface area contributed by atoms with Crippen molar-refractivity contribution in [2.24, 2.45) is 0 Å². The predicted molar refractivity (Wildman–Crippen MR) is 55.7 cm³/mol. The van der Waals surface area contributed by atoms with Gasteiger partial charge in [-0.05, 0) is 24.4 Å². The Balaban J connectivity index is 2.75. The molecule has 0 fully saturated rings. The fourth-order valence-corrected chi connectivity index (χ4v) is 1.47. The highest BCUT2D eigenvalue weighted by atomic mass is 19.1. The first-order valence-electron chi connectivity index (χ1n) is 4.66. The summed E-state index contributed by atoms with van der Waals surface area (Å²) in [6.07, 6.45) is 0. The molecular weight excluding hydrogens is 197 g/mol. The number of H-pyrrole nitrogens is 1. The highest BCUT2D eigenvalue weighted by Crippen LogP contribution is 2.22. The van der Waals surface area contributed by atoms with E-state index in [1.807, 2.05) is 0 Å². The van der Waals surface area contributed by atoms with Crippen LogP contribution in [0.15, 0.2) is 29.1 Å². The zero-order valence-corrected chi connectivity index (χ0v) is 8.21. The lowest BCUT2D eigenvalue weighted by atomic mass is 10.1. The van der Waals surface area contributed by atoms with Gasteiger partial charge in [-0.3, -0.25) is 9.78 Å². The molecule has 0 radical (unpaired) electrons. The number of benzene rings is 1. The summed E-state index contributed by atoms with van der Waals surface area (Å²) in [7, 11) is 0. The van der Waals surface area contributed by atoms with Crippen molar-refractivity contribution in [1.82, 2.24) is 4.98 Å². The number of halogens is 1. The van der Waals surface area contributed by atoms with Crippen LogP contribution in [0, 0.1) is 5.82 Å². The van der Waals surface area contributed by atoms with E-state index in [0.29, 0.717) is 23.3 Å². The summed E-state index contributed by atoms with van der Waals surface area (Å²) in [6.45, 7) is 2.22. The van der Waals surface area contributed by atoms with Gasteiger partial charge in [0.15, 0.2) is 0 Å². The number of ether oxygens (including phenoxy) is 1. The van der Waals surface area contributed by atoms with Crippen LogP contribution in [0.3, 0.4) is 0 Å². The van der Waals surface area contributed by atoms with E-state index >= 15 is 0 Å². The fourth-order valence-electron chi connectivity index (χ4n) is 1.47. The summed E-state index contributed by atoms with van der Waals surface area (Å²) in [6, 6.07) is 5.63. The number of nitrogens with one attached hydrogen (secondary N) is 1. The van der Waals surface area contributed by atoms with Gasteiger partial charge in [-0.1, -0.05) is 6.07 Å². The van der Waals surface area contributed by atoms with Gasteiger partial charge >= 0.3 is 0 Å². The van der Waals surface area contributed by atoms with Crippen LogP contribution in [0.5, 0.6) is 5.88 Å². The van der Waals surface area contributed by atoms with Crippen molar-refractivity contribution in [3.63, 3.8) is 0 Å². The Labute approximate surface area is 85.5 Å². The van der Waals surface area contributed by atoms with Gasteiger partial charge < -0.3 is 4.74 Å². The van der Waals surface area contributed by atoms with Crippen LogP contribution in [0.25, 0.3) is 10.8 Å². The maximum atomic E-state index is 13.0. The molecule has 1 heterocycles. The van der Waals surface area contributed by atoms with Gasteiger partial charge in [0.05, 0.1) is 6.61 Å². The number of hydrogen-bond acceptors (Lipinski definition) is 2. The number of hydrogen-bond donors (Lipinski definition) is 1. The third-order valence-electron chi connectivity index (χ3n) is 2.07. The van der Waals surface area contributed by atoms with Crippen LogP contribution in [-0.2, 0) is 0 Å². The van der Waals surface area contributed by atoms with Crippen LogP contribution in [0.4, 0.5) is 4.39 Å². The van der Waals surface area contributed by atoms with E-state index in [4.69, 9.17) is 4.74 Å². The number of aromatic amines is 1. The van der Waals surface area contributed by atoms with E-state index in [0.717, 1.165) is 0 Å². The SMILES string of the molecule is CCOc1[nH]c(=O)cc2ccc(F)cc12. The molecule has 0 spiro atoms. The zero-order chi connectivity index (χ0) is 10.8. The number of pyridine rings is 1. The maximum absolute atomic E-state index is 13.0. The van der Waals surface area contributed by atoms with Crippen molar-refractivity contribution in [2.75, 3.05) is 6.61 Å². The van der Waals surface area contributed by atoms with E-state index in [1.54, 1.807) is 13.0 Å². The van der Waals surface area contributed by atoms with Crippen molar-refractivity contribution < 1.29 is 9.13 Å². The standard InChI is InChI=1S/C11H10FNO2/c1-2-15-11-9-6-8(12)4-3-7(9)5-10(14)13-11/h3-6H,2H2,1H3,(H,13,14). The van der Waals surface area contributed by atoms with Gasteiger partial charge in [0.2, 0.25) is 5.88 Å². The van der Waals surface area contributed by atoms with Crippen molar-refractivity contribution in [3.8, 4) is 5.88 Å². The first-order valence-corrected chi connectivity index (χ1v) is 4.66. The Kier molecular flexibility index (Phi) is 2.41. The average Bonchev–Trinajstić information content (AvgIpc) is 2.19. The molecule has 2 aromatic rings. The van der Waals surface area contributed by atoms with E-state index < -0.39 is 0 Å². The molecule has 0 atom stereocenters. The Hall–Kier alpha value is -1.84. The molecule has 0 aliphatic heterocycles. The van der Waals surface area contributed by atoms with Crippen LogP contribution < -0.4 is 10.3 Å². The van der Waals surface area contributed by atoms with Crippen LogP contribution in [0.1, 0.15) is 6.92 Å². The molecule has 1 aromatic heterocycles. The molecule has 0 unspecified atom stereocenters. The van der Waals surface area contributed by atoms with Crippen LogP contribution in [0.2, 0.25) is 0 Å². The van der Waals surface area contributed by atoms with Gasteiger partial charge in [0.25, 0.3) is 5.56 Å². The van der Waals surface area contributed by atoms with E-state index in [-0.39, 0.29) is 11.4 Å². The maximum Gasteiger partial charge on any atom is 0.251 e. The molecule has 0 bridgehead atoms. The molecule has 0 aliphatic rings. The topological polar surface area (TPSA) is 42.1 Å². The molecule has 1 N–H and O–H groups in total. The quantitative estimate of drug-likeness (QED) is 0.819. The minimum Gasteiger partial charge on any atom is -0.479 e. The monoisotopic (exact) mass is 207 g/mol. The summed E-state index contributed by atoms with van der Waals surface area (Å²) < 4.78 is 18.2. The Bertz CT molecular complexity index is 548. The van der Waals surface area contributed by atoms with Gasteiger partial charge in [-0.25, -0.2) is 4.39 Å². The van der Waals surface area contributed by atoms with Crippen molar-refractivity contribution >= 4 is 10.8 Å². The summed E-state index contributed by atoms with van der Waals surface area (Å²) in [5.74, 6) is -0.0324. The molecule has 15 heavy (non-hydrogen) atoms. The van der Waals surface area contributed by atoms with Crippen LogP contribution in [-0.4, -0.2) is 11.6 Å². The normalized spacial score (nSPS) is 10.5. The second-order valence-electron chi connectivity index (χ2n) is 3.13. The van der Waals surface area contributed by atoms with Gasteiger partial charge in [0.1, 0.15) is 5.82 Å². The highest BCUT2D eigenvalue weighted by molar-refractivity contribution is 5.86. The third-order valence-corrected chi connectivity index (χ3v) is 2.07. The molecular formula is C11H10FNO2. The van der Waals surface area contributed by atoms with Gasteiger partial charge in [-0.2, -0.15) is 0 Å². The average molecular weight is 207 g/mol. The second-order valence-corrected chi connectivity index (χ2v) is 3.13. The third kappa shape index (κ3) is 1.83. The molecule has 3 nitrogen and oxygen atoms in total. The largest absolute Gasteiger partial charge is 0.479 e. The molecule has 1 aromatic carbocycles. The number of rotatable bonds is 2. The Morgan fingerprint density at radius 3 is 2.93 bits per heavy atom. The van der Waals surface area contributed by atoms with Gasteiger partial charge in [0, 0.05) is 11.5 Å². The van der Waals surface area contributed by atoms with Crippen molar-refractivity contribution in [2.45, 2.75) is 6.92 Å². The Morgan fingerprint density at radius 2 is 2.20 bits per heavy atom. The Morgan fingerprint density at radius 1 is 1.40 bits per heavy atom. The lowest BCUT2D eigenvalue weighted by Gasteiger charge is -2.06. The minimum absolute atomic E-state index is 0.252.